The van der Waals surface area contributed by atoms with Crippen LogP contribution in [-0.4, -0.2) is 20.9 Å². The number of imidazole rings is 1. The standard InChI is InChI=1S/C15H14N4O2/c1-9-14(21-10(2)18-9)15(20)19-12-5-3-4-11(6-12)13-7-16-8-17-13/h3-8H,1-2H3,(H,16,17)(H,19,20). The molecule has 1 aromatic carbocycles. The molecule has 106 valence electrons. The molecule has 0 aliphatic carbocycles. The molecule has 0 fully saturated rings. The van der Waals surface area contributed by atoms with E-state index in [-0.39, 0.29) is 11.7 Å². The molecule has 2 heterocycles. The number of aromatic nitrogens is 3. The van der Waals surface area contributed by atoms with Crippen LogP contribution in [-0.2, 0) is 0 Å². The van der Waals surface area contributed by atoms with Gasteiger partial charge in [-0.2, -0.15) is 0 Å². The quantitative estimate of drug-likeness (QED) is 0.773. The summed E-state index contributed by atoms with van der Waals surface area (Å²) in [7, 11) is 0. The van der Waals surface area contributed by atoms with Gasteiger partial charge in [-0.25, -0.2) is 9.97 Å². The Bertz CT molecular complexity index is 775. The van der Waals surface area contributed by atoms with E-state index in [1.165, 1.54) is 0 Å². The molecular weight excluding hydrogens is 268 g/mol. The van der Waals surface area contributed by atoms with Crippen LogP contribution >= 0.6 is 0 Å². The second-order valence-corrected chi connectivity index (χ2v) is 4.65. The number of benzene rings is 1. The topological polar surface area (TPSA) is 83.8 Å². The third-order valence-corrected chi connectivity index (χ3v) is 3.04. The molecule has 2 aromatic heterocycles. The van der Waals surface area contributed by atoms with Crippen molar-refractivity contribution in [2.45, 2.75) is 13.8 Å². The Morgan fingerprint density at radius 1 is 1.33 bits per heavy atom. The first-order valence-electron chi connectivity index (χ1n) is 6.47. The number of anilines is 1. The lowest BCUT2D eigenvalue weighted by Gasteiger charge is -2.05. The number of rotatable bonds is 3. The van der Waals surface area contributed by atoms with Crippen LogP contribution in [0, 0.1) is 13.8 Å². The van der Waals surface area contributed by atoms with Crippen molar-refractivity contribution in [3.8, 4) is 11.3 Å². The highest BCUT2D eigenvalue weighted by atomic mass is 16.4. The van der Waals surface area contributed by atoms with Gasteiger partial charge in [-0.15, -0.1) is 0 Å². The van der Waals surface area contributed by atoms with E-state index in [0.717, 1.165) is 11.3 Å². The molecule has 3 aromatic rings. The first-order valence-corrected chi connectivity index (χ1v) is 6.47. The fourth-order valence-electron chi connectivity index (χ4n) is 2.11. The summed E-state index contributed by atoms with van der Waals surface area (Å²) >= 11 is 0. The highest BCUT2D eigenvalue weighted by Gasteiger charge is 2.16. The van der Waals surface area contributed by atoms with Crippen molar-refractivity contribution in [1.82, 2.24) is 15.0 Å². The average molecular weight is 282 g/mol. The van der Waals surface area contributed by atoms with Crippen molar-refractivity contribution in [1.29, 1.82) is 0 Å². The summed E-state index contributed by atoms with van der Waals surface area (Å²) in [5, 5.41) is 2.81. The number of hydrogen-bond acceptors (Lipinski definition) is 4. The molecular formula is C15H14N4O2. The first kappa shape index (κ1) is 13.1. The number of amides is 1. The van der Waals surface area contributed by atoms with Gasteiger partial charge in [-0.05, 0) is 19.1 Å². The molecule has 0 saturated carbocycles. The predicted molar refractivity (Wildman–Crippen MR) is 78.0 cm³/mol. The lowest BCUT2D eigenvalue weighted by molar-refractivity contribution is 0.0994. The molecule has 0 radical (unpaired) electrons. The first-order chi connectivity index (χ1) is 10.1. The molecule has 3 rings (SSSR count). The van der Waals surface area contributed by atoms with Crippen LogP contribution in [0.3, 0.4) is 0 Å². The van der Waals surface area contributed by atoms with Gasteiger partial charge in [0.2, 0.25) is 5.76 Å². The number of aromatic amines is 1. The molecule has 0 saturated heterocycles. The molecule has 0 bridgehead atoms. The van der Waals surface area contributed by atoms with Crippen LogP contribution in [0.4, 0.5) is 5.69 Å². The van der Waals surface area contributed by atoms with Crippen LogP contribution in [0.2, 0.25) is 0 Å². The van der Waals surface area contributed by atoms with Crippen LogP contribution in [0.1, 0.15) is 22.1 Å². The number of aryl methyl sites for hydroxylation is 2. The van der Waals surface area contributed by atoms with E-state index < -0.39 is 0 Å². The van der Waals surface area contributed by atoms with E-state index in [4.69, 9.17) is 4.42 Å². The van der Waals surface area contributed by atoms with Gasteiger partial charge < -0.3 is 14.7 Å². The zero-order chi connectivity index (χ0) is 14.8. The van der Waals surface area contributed by atoms with E-state index >= 15 is 0 Å². The smallest absolute Gasteiger partial charge is 0.293 e. The normalized spacial score (nSPS) is 10.6. The monoisotopic (exact) mass is 282 g/mol. The second-order valence-electron chi connectivity index (χ2n) is 4.65. The number of carbonyl (C=O) groups excluding carboxylic acids is 1. The Hall–Kier alpha value is -2.89. The van der Waals surface area contributed by atoms with Gasteiger partial charge in [0.1, 0.15) is 0 Å². The number of hydrogen-bond donors (Lipinski definition) is 2. The van der Waals surface area contributed by atoms with Gasteiger partial charge in [0.05, 0.1) is 23.9 Å². The summed E-state index contributed by atoms with van der Waals surface area (Å²) < 4.78 is 5.31. The zero-order valence-electron chi connectivity index (χ0n) is 11.7. The Morgan fingerprint density at radius 3 is 2.86 bits per heavy atom. The molecule has 6 heteroatoms. The van der Waals surface area contributed by atoms with Crippen LogP contribution in [0.5, 0.6) is 0 Å². The Kier molecular flexibility index (Phi) is 3.27. The van der Waals surface area contributed by atoms with Crippen molar-refractivity contribution in [3.63, 3.8) is 0 Å². The summed E-state index contributed by atoms with van der Waals surface area (Å²) in [6.45, 7) is 3.45. The molecule has 0 spiro atoms. The minimum atomic E-state index is -0.310. The number of nitrogens with zero attached hydrogens (tertiary/aromatic N) is 2. The molecule has 0 aliphatic rings. The van der Waals surface area contributed by atoms with Crippen LogP contribution < -0.4 is 5.32 Å². The fraction of sp³-hybridized carbons (Fsp3) is 0.133. The molecule has 0 aliphatic heterocycles. The van der Waals surface area contributed by atoms with Crippen molar-refractivity contribution in [2.75, 3.05) is 5.32 Å². The van der Waals surface area contributed by atoms with E-state index in [1.807, 2.05) is 24.3 Å². The Labute approximate surface area is 121 Å². The summed E-state index contributed by atoms with van der Waals surface area (Å²) in [4.78, 5) is 23.3. The van der Waals surface area contributed by atoms with Crippen molar-refractivity contribution in [3.05, 3.63) is 54.1 Å². The van der Waals surface area contributed by atoms with E-state index in [2.05, 4.69) is 20.3 Å². The maximum absolute atomic E-state index is 12.2. The third kappa shape index (κ3) is 2.69. The highest BCUT2D eigenvalue weighted by Crippen LogP contribution is 2.21. The summed E-state index contributed by atoms with van der Waals surface area (Å²) in [5.74, 6) is 0.401. The van der Waals surface area contributed by atoms with E-state index in [0.29, 0.717) is 17.3 Å². The number of nitrogens with one attached hydrogen (secondary N) is 2. The van der Waals surface area contributed by atoms with Gasteiger partial charge in [0, 0.05) is 18.2 Å². The van der Waals surface area contributed by atoms with Gasteiger partial charge in [-0.3, -0.25) is 4.79 Å². The fourth-order valence-corrected chi connectivity index (χ4v) is 2.11. The average Bonchev–Trinajstić information content (AvgIpc) is 3.08. The highest BCUT2D eigenvalue weighted by molar-refractivity contribution is 6.03. The minimum Gasteiger partial charge on any atom is -0.436 e. The predicted octanol–water partition coefficient (Wildman–Crippen LogP) is 2.93. The largest absolute Gasteiger partial charge is 0.436 e. The van der Waals surface area contributed by atoms with Crippen LogP contribution in [0.15, 0.2) is 41.2 Å². The Balaban J connectivity index is 1.84. The van der Waals surface area contributed by atoms with Gasteiger partial charge in [0.25, 0.3) is 5.91 Å². The third-order valence-electron chi connectivity index (χ3n) is 3.04. The Morgan fingerprint density at radius 2 is 2.19 bits per heavy atom. The maximum atomic E-state index is 12.2. The van der Waals surface area contributed by atoms with Crippen molar-refractivity contribution < 1.29 is 9.21 Å². The number of H-pyrrole nitrogens is 1. The van der Waals surface area contributed by atoms with Gasteiger partial charge in [-0.1, -0.05) is 12.1 Å². The summed E-state index contributed by atoms with van der Waals surface area (Å²) in [6.07, 6.45) is 3.34. The van der Waals surface area contributed by atoms with Crippen LogP contribution in [0.25, 0.3) is 11.3 Å². The van der Waals surface area contributed by atoms with Crippen molar-refractivity contribution in [2.24, 2.45) is 0 Å². The summed E-state index contributed by atoms with van der Waals surface area (Å²) in [6, 6.07) is 7.48. The molecule has 6 nitrogen and oxygen atoms in total. The lowest BCUT2D eigenvalue weighted by Crippen LogP contribution is -2.12. The van der Waals surface area contributed by atoms with E-state index in [1.54, 1.807) is 26.4 Å². The van der Waals surface area contributed by atoms with Gasteiger partial charge in [0.15, 0.2) is 5.89 Å². The van der Waals surface area contributed by atoms with E-state index in [9.17, 15) is 4.79 Å². The second kappa shape index (κ2) is 5.24. The number of oxazole rings is 1. The number of carbonyl (C=O) groups is 1. The summed E-state index contributed by atoms with van der Waals surface area (Å²) in [5.41, 5.74) is 3.09. The maximum Gasteiger partial charge on any atom is 0.293 e. The van der Waals surface area contributed by atoms with Crippen molar-refractivity contribution >= 4 is 11.6 Å². The molecule has 0 atom stereocenters. The SMILES string of the molecule is Cc1nc(C)c(C(=O)Nc2cccc(-c3cnc[nH]3)c2)o1. The molecule has 0 unspecified atom stereocenters. The molecule has 2 N–H and O–H groups in total. The lowest BCUT2D eigenvalue weighted by atomic mass is 10.1. The zero-order valence-corrected chi connectivity index (χ0v) is 11.7. The van der Waals surface area contributed by atoms with Gasteiger partial charge >= 0.3 is 0 Å². The minimum absolute atomic E-state index is 0.236. The molecule has 21 heavy (non-hydrogen) atoms. The molecule has 1 amide bonds.